The van der Waals surface area contributed by atoms with E-state index in [0.29, 0.717) is 35.0 Å². The van der Waals surface area contributed by atoms with Gasteiger partial charge in [0.05, 0.1) is 0 Å². The van der Waals surface area contributed by atoms with Gasteiger partial charge in [-0.15, -0.1) is 0 Å². The largest absolute Gasteiger partial charge is 0.454 e. The molecular formula is C23H27BrN6O3S. The third-order valence-corrected chi connectivity index (χ3v) is 8.21. The van der Waals surface area contributed by atoms with Gasteiger partial charge >= 0.3 is 0 Å². The van der Waals surface area contributed by atoms with Crippen LogP contribution in [0.5, 0.6) is 11.5 Å². The molecule has 1 fully saturated rings. The van der Waals surface area contributed by atoms with Gasteiger partial charge < -0.3 is 24.7 Å². The minimum absolute atomic E-state index is 0.00307. The minimum atomic E-state index is -0.00307. The Hall–Kier alpha value is -2.53. The van der Waals surface area contributed by atoms with Crippen LogP contribution in [0.1, 0.15) is 39.5 Å². The van der Waals surface area contributed by atoms with E-state index in [0.717, 1.165) is 46.8 Å². The van der Waals surface area contributed by atoms with Gasteiger partial charge in [-0.05, 0) is 53.7 Å². The fourth-order valence-electron chi connectivity index (χ4n) is 4.49. The smallest absolute Gasteiger partial charge is 0.231 e. The van der Waals surface area contributed by atoms with Crippen LogP contribution < -0.4 is 15.2 Å². The summed E-state index contributed by atoms with van der Waals surface area (Å²) in [4.78, 5) is 29.2. The monoisotopic (exact) mass is 546 g/mol. The van der Waals surface area contributed by atoms with Crippen LogP contribution in [0.25, 0.3) is 11.2 Å². The number of imidazole rings is 1. The van der Waals surface area contributed by atoms with Gasteiger partial charge in [0, 0.05) is 34.4 Å². The van der Waals surface area contributed by atoms with E-state index in [1.165, 1.54) is 18.1 Å². The SMILES string of the molecule is CC(C)C(=O)N1CCCCC1CCn1c(Sc2cc3c(cc2Br)OCO3)nc2c(N)ncnc21. The number of aromatic nitrogens is 4. The number of ether oxygens (including phenoxy) is 2. The molecule has 9 nitrogen and oxygen atoms in total. The van der Waals surface area contributed by atoms with Crippen molar-refractivity contribution >= 4 is 50.6 Å². The van der Waals surface area contributed by atoms with Gasteiger partial charge in [0.2, 0.25) is 12.7 Å². The Balaban J connectivity index is 1.45. The van der Waals surface area contributed by atoms with E-state index >= 15 is 0 Å². The van der Waals surface area contributed by atoms with Crippen molar-refractivity contribution in [2.45, 2.75) is 62.2 Å². The predicted octanol–water partition coefficient (Wildman–Crippen LogP) is 4.48. The molecule has 34 heavy (non-hydrogen) atoms. The maximum atomic E-state index is 12.8. The standard InChI is InChI=1S/C23H27BrN6O3S/c1-13(2)22(31)29-7-4-3-5-14(29)6-8-30-21-19(20(25)26-11-27-21)28-23(30)34-18-10-17-16(9-15(18)24)32-12-33-17/h9-11,13-14H,3-8,12H2,1-2H3,(H2,25,26,27). The first-order valence-electron chi connectivity index (χ1n) is 11.5. The zero-order valence-corrected chi connectivity index (χ0v) is 21.6. The Kier molecular flexibility index (Phi) is 6.57. The first-order valence-corrected chi connectivity index (χ1v) is 13.1. The third kappa shape index (κ3) is 4.43. The molecule has 1 aromatic carbocycles. The summed E-state index contributed by atoms with van der Waals surface area (Å²) in [6.45, 7) is 5.65. The summed E-state index contributed by atoms with van der Waals surface area (Å²) >= 11 is 5.14. The quantitative estimate of drug-likeness (QED) is 0.482. The molecule has 2 aliphatic rings. The molecule has 2 aromatic heterocycles. The lowest BCUT2D eigenvalue weighted by molar-refractivity contribution is -0.138. The number of piperidine rings is 1. The number of benzene rings is 1. The van der Waals surface area contributed by atoms with Crippen molar-refractivity contribution in [3.05, 3.63) is 22.9 Å². The molecular weight excluding hydrogens is 520 g/mol. The van der Waals surface area contributed by atoms with Gasteiger partial charge in [-0.3, -0.25) is 4.79 Å². The molecule has 1 amide bonds. The van der Waals surface area contributed by atoms with Crippen LogP contribution in [0, 0.1) is 5.92 Å². The molecule has 1 atom stereocenters. The van der Waals surface area contributed by atoms with E-state index in [1.807, 2.05) is 26.0 Å². The van der Waals surface area contributed by atoms with Crippen molar-refractivity contribution in [3.63, 3.8) is 0 Å². The summed E-state index contributed by atoms with van der Waals surface area (Å²) in [5.41, 5.74) is 7.42. The van der Waals surface area contributed by atoms with Gasteiger partial charge in [-0.1, -0.05) is 25.6 Å². The first kappa shape index (κ1) is 23.2. The maximum absolute atomic E-state index is 12.8. The first-order chi connectivity index (χ1) is 16.4. The number of nitrogen functional groups attached to an aromatic ring is 1. The van der Waals surface area contributed by atoms with Crippen LogP contribution in [0.15, 0.2) is 33.0 Å². The van der Waals surface area contributed by atoms with E-state index in [1.54, 1.807) is 0 Å². The van der Waals surface area contributed by atoms with Crippen LogP contribution in [-0.2, 0) is 11.3 Å². The van der Waals surface area contributed by atoms with Crippen LogP contribution in [0.2, 0.25) is 0 Å². The van der Waals surface area contributed by atoms with E-state index < -0.39 is 0 Å². The molecule has 11 heteroatoms. The molecule has 2 N–H and O–H groups in total. The number of nitrogens with zero attached hydrogens (tertiary/aromatic N) is 5. The highest BCUT2D eigenvalue weighted by molar-refractivity contribution is 9.10. The number of carbonyl (C=O) groups excluding carboxylic acids is 1. The molecule has 5 rings (SSSR count). The topological polar surface area (TPSA) is 108 Å². The fourth-order valence-corrected chi connectivity index (χ4v) is 6.00. The molecule has 0 spiro atoms. The third-order valence-electron chi connectivity index (χ3n) is 6.24. The molecule has 0 saturated carbocycles. The second-order valence-corrected chi connectivity index (χ2v) is 10.7. The van der Waals surface area contributed by atoms with E-state index in [2.05, 4.69) is 35.4 Å². The number of fused-ring (bicyclic) bond motifs is 2. The lowest BCUT2D eigenvalue weighted by atomic mass is 9.97. The lowest BCUT2D eigenvalue weighted by Gasteiger charge is -2.37. The van der Waals surface area contributed by atoms with Gasteiger partial charge in [0.1, 0.15) is 6.33 Å². The molecule has 180 valence electrons. The van der Waals surface area contributed by atoms with Crippen molar-refractivity contribution in [1.29, 1.82) is 0 Å². The summed E-state index contributed by atoms with van der Waals surface area (Å²) in [6.07, 6.45) is 5.50. The van der Waals surface area contributed by atoms with Crippen LogP contribution in [0.4, 0.5) is 5.82 Å². The molecule has 0 bridgehead atoms. The summed E-state index contributed by atoms with van der Waals surface area (Å²) in [6, 6.07) is 4.05. The number of anilines is 1. The van der Waals surface area contributed by atoms with Gasteiger partial charge in [0.25, 0.3) is 0 Å². The Morgan fingerprint density at radius 2 is 2.06 bits per heavy atom. The Bertz CT molecular complexity index is 1230. The maximum Gasteiger partial charge on any atom is 0.231 e. The zero-order chi connectivity index (χ0) is 23.8. The molecule has 1 unspecified atom stereocenters. The summed E-state index contributed by atoms with van der Waals surface area (Å²) in [7, 11) is 0. The van der Waals surface area contributed by atoms with Crippen LogP contribution >= 0.6 is 27.7 Å². The van der Waals surface area contributed by atoms with E-state index in [9.17, 15) is 4.79 Å². The van der Waals surface area contributed by atoms with Crippen molar-refractivity contribution < 1.29 is 14.3 Å². The second-order valence-electron chi connectivity index (χ2n) is 8.84. The number of halogens is 1. The minimum Gasteiger partial charge on any atom is -0.454 e. The van der Waals surface area contributed by atoms with Crippen molar-refractivity contribution in [3.8, 4) is 11.5 Å². The molecule has 2 aliphatic heterocycles. The highest BCUT2D eigenvalue weighted by Gasteiger charge is 2.29. The van der Waals surface area contributed by atoms with Crippen molar-refractivity contribution in [1.82, 2.24) is 24.4 Å². The Labute approximate surface area is 210 Å². The number of hydrogen-bond donors (Lipinski definition) is 1. The summed E-state index contributed by atoms with van der Waals surface area (Å²) in [5, 5.41) is 0.763. The number of amides is 1. The van der Waals surface area contributed by atoms with Crippen molar-refractivity contribution in [2.75, 3.05) is 19.1 Å². The van der Waals surface area contributed by atoms with Gasteiger partial charge in [-0.25, -0.2) is 15.0 Å². The highest BCUT2D eigenvalue weighted by Crippen LogP contribution is 2.43. The number of likely N-dealkylation sites (tertiary alicyclic amines) is 1. The summed E-state index contributed by atoms with van der Waals surface area (Å²) in [5.74, 6) is 2.00. The molecule has 4 heterocycles. The predicted molar refractivity (Wildman–Crippen MR) is 133 cm³/mol. The van der Waals surface area contributed by atoms with Crippen LogP contribution in [-0.4, -0.2) is 49.7 Å². The molecule has 3 aromatic rings. The fraction of sp³-hybridized carbons (Fsp3) is 0.478. The normalized spacial score (nSPS) is 17.6. The lowest BCUT2D eigenvalue weighted by Crippen LogP contribution is -2.46. The molecule has 1 saturated heterocycles. The van der Waals surface area contributed by atoms with Gasteiger partial charge in [-0.2, -0.15) is 0 Å². The zero-order valence-electron chi connectivity index (χ0n) is 19.2. The highest BCUT2D eigenvalue weighted by atomic mass is 79.9. The molecule has 0 radical (unpaired) electrons. The number of hydrogen-bond acceptors (Lipinski definition) is 8. The summed E-state index contributed by atoms with van der Waals surface area (Å²) < 4.78 is 14.0. The number of nitrogens with two attached hydrogens (primary N) is 1. The van der Waals surface area contributed by atoms with E-state index in [-0.39, 0.29) is 24.7 Å². The average molecular weight is 547 g/mol. The second kappa shape index (κ2) is 9.61. The number of carbonyl (C=O) groups is 1. The number of aryl methyl sites for hydroxylation is 1. The van der Waals surface area contributed by atoms with Crippen molar-refractivity contribution in [2.24, 2.45) is 5.92 Å². The Morgan fingerprint density at radius 3 is 2.85 bits per heavy atom. The average Bonchev–Trinajstić information content (AvgIpc) is 3.42. The molecule has 0 aliphatic carbocycles. The van der Waals surface area contributed by atoms with E-state index in [4.69, 9.17) is 20.2 Å². The van der Waals surface area contributed by atoms with Crippen LogP contribution in [0.3, 0.4) is 0 Å². The number of rotatable bonds is 6. The Morgan fingerprint density at radius 1 is 1.26 bits per heavy atom. The van der Waals surface area contributed by atoms with Gasteiger partial charge in [0.15, 0.2) is 33.6 Å².